The predicted molar refractivity (Wildman–Crippen MR) is 46.2 cm³/mol. The Kier molecular flexibility index (Phi) is 3.26. The minimum atomic E-state index is -5.23. The molecule has 11 heteroatoms. The molecule has 2 N–H and O–H groups in total. The summed E-state index contributed by atoms with van der Waals surface area (Å²) >= 11 is 0. The molecule has 0 aliphatic carbocycles. The highest BCUT2D eigenvalue weighted by Crippen LogP contribution is 2.33. The third kappa shape index (κ3) is 2.96. The normalized spacial score (nSPS) is 11.1. The summed E-state index contributed by atoms with van der Waals surface area (Å²) in [5.74, 6) is -5.99. The van der Waals surface area contributed by atoms with E-state index in [9.17, 15) is 28.1 Å². The zero-order chi connectivity index (χ0) is 14.1. The number of halogens is 3. The minimum Gasteiger partial charge on any atom is -0.501 e. The number of pyridine rings is 1. The second kappa shape index (κ2) is 4.35. The van der Waals surface area contributed by atoms with Crippen molar-refractivity contribution < 1.29 is 37.8 Å². The van der Waals surface area contributed by atoms with E-state index in [0.29, 0.717) is 0 Å². The number of hydrogen-bond donors (Lipinski definition) is 2. The molecule has 0 fully saturated rings. The SMILES string of the molecule is O=C(O)c1cc(O)c(OC(F)(F)F)nc1[N+](=O)[O-]. The van der Waals surface area contributed by atoms with E-state index in [1.807, 2.05) is 0 Å². The van der Waals surface area contributed by atoms with Crippen LogP contribution in [-0.4, -0.2) is 32.5 Å². The van der Waals surface area contributed by atoms with Gasteiger partial charge in [-0.2, -0.15) is 0 Å². The zero-order valence-electron chi connectivity index (χ0n) is 8.13. The van der Waals surface area contributed by atoms with Gasteiger partial charge in [0.1, 0.15) is 0 Å². The van der Waals surface area contributed by atoms with Crippen LogP contribution in [0.3, 0.4) is 0 Å². The number of hydrogen-bond acceptors (Lipinski definition) is 6. The number of rotatable bonds is 3. The topological polar surface area (TPSA) is 123 Å². The van der Waals surface area contributed by atoms with Crippen LogP contribution in [0.1, 0.15) is 10.4 Å². The quantitative estimate of drug-likeness (QED) is 0.625. The molecule has 0 aliphatic rings. The fraction of sp³-hybridized carbons (Fsp3) is 0.143. The Labute approximate surface area is 95.4 Å². The van der Waals surface area contributed by atoms with Crippen LogP contribution in [0, 0.1) is 10.1 Å². The second-order valence-electron chi connectivity index (χ2n) is 2.79. The summed E-state index contributed by atoms with van der Waals surface area (Å²) in [4.78, 5) is 22.4. The molecule has 0 bridgehead atoms. The van der Waals surface area contributed by atoms with Crippen LogP contribution < -0.4 is 4.74 Å². The number of aromatic nitrogens is 1. The number of ether oxygens (including phenoxy) is 1. The van der Waals surface area contributed by atoms with Crippen LogP contribution in [0.15, 0.2) is 6.07 Å². The summed E-state index contributed by atoms with van der Waals surface area (Å²) in [6.45, 7) is 0. The molecule has 0 aromatic carbocycles. The standard InChI is InChI=1S/C7H3F3N2O6/c8-7(9,10)18-5-3(13)1-2(6(14)15)4(11-5)12(16)17/h1,13H,(H,14,15). The fourth-order valence-corrected chi connectivity index (χ4v) is 0.958. The number of nitro groups is 1. The number of nitrogens with zero attached hydrogens (tertiary/aromatic N) is 2. The van der Waals surface area contributed by atoms with E-state index in [1.165, 1.54) is 0 Å². The Morgan fingerprint density at radius 2 is 2.06 bits per heavy atom. The van der Waals surface area contributed by atoms with Crippen molar-refractivity contribution >= 4 is 11.8 Å². The number of carboxylic acid groups (broad SMARTS) is 1. The van der Waals surface area contributed by atoms with Crippen LogP contribution in [-0.2, 0) is 0 Å². The molecule has 98 valence electrons. The fourth-order valence-electron chi connectivity index (χ4n) is 0.958. The smallest absolute Gasteiger partial charge is 0.501 e. The lowest BCUT2D eigenvalue weighted by Crippen LogP contribution is -2.18. The second-order valence-corrected chi connectivity index (χ2v) is 2.79. The molecule has 18 heavy (non-hydrogen) atoms. The summed E-state index contributed by atoms with van der Waals surface area (Å²) in [5.41, 5.74) is -1.06. The molecule has 1 heterocycles. The maximum atomic E-state index is 11.9. The average Bonchev–Trinajstić information content (AvgIpc) is 2.17. The predicted octanol–water partition coefficient (Wildman–Crippen LogP) is 1.29. The summed E-state index contributed by atoms with van der Waals surface area (Å²) in [7, 11) is 0. The van der Waals surface area contributed by atoms with Crippen LogP contribution in [0.4, 0.5) is 19.0 Å². The van der Waals surface area contributed by atoms with Gasteiger partial charge in [0.05, 0.1) is 0 Å². The minimum absolute atomic E-state index is 0.245. The summed E-state index contributed by atoms with van der Waals surface area (Å²) in [5, 5.41) is 28.0. The lowest BCUT2D eigenvalue weighted by Gasteiger charge is -2.06. The molecule has 1 rings (SSSR count). The Balaban J connectivity index is 3.36. The maximum Gasteiger partial charge on any atom is 0.575 e. The monoisotopic (exact) mass is 268 g/mol. The van der Waals surface area contributed by atoms with Crippen LogP contribution >= 0.6 is 0 Å². The van der Waals surface area contributed by atoms with Gasteiger partial charge in [-0.25, -0.2) is 4.79 Å². The average molecular weight is 268 g/mol. The van der Waals surface area contributed by atoms with Crippen LogP contribution in [0.5, 0.6) is 11.6 Å². The largest absolute Gasteiger partial charge is 0.575 e. The van der Waals surface area contributed by atoms with Crippen molar-refractivity contribution in [1.82, 2.24) is 4.98 Å². The van der Waals surface area contributed by atoms with E-state index >= 15 is 0 Å². The Hall–Kier alpha value is -2.59. The number of carbonyl (C=O) groups is 1. The van der Waals surface area contributed by atoms with Crippen LogP contribution in [0.2, 0.25) is 0 Å². The van der Waals surface area contributed by atoms with Gasteiger partial charge in [-0.05, 0) is 4.92 Å². The first-order valence-electron chi connectivity index (χ1n) is 3.99. The molecule has 0 unspecified atom stereocenters. The van der Waals surface area contributed by atoms with E-state index in [-0.39, 0.29) is 6.07 Å². The van der Waals surface area contributed by atoms with E-state index in [0.717, 1.165) is 0 Å². The molecule has 0 amide bonds. The molecule has 1 aromatic rings. The number of aromatic hydroxyl groups is 1. The van der Waals surface area contributed by atoms with Crippen molar-refractivity contribution in [1.29, 1.82) is 0 Å². The molecule has 0 saturated heterocycles. The van der Waals surface area contributed by atoms with Gasteiger partial charge in [0.15, 0.2) is 5.56 Å². The van der Waals surface area contributed by atoms with Gasteiger partial charge in [0.2, 0.25) is 5.75 Å². The first-order chi connectivity index (χ1) is 8.11. The van der Waals surface area contributed by atoms with E-state index in [1.54, 1.807) is 0 Å². The van der Waals surface area contributed by atoms with Gasteiger partial charge < -0.3 is 25.1 Å². The van der Waals surface area contributed by atoms with Gasteiger partial charge in [0, 0.05) is 11.1 Å². The van der Waals surface area contributed by atoms with Crippen molar-refractivity contribution in [3.05, 3.63) is 21.7 Å². The van der Waals surface area contributed by atoms with Gasteiger partial charge >= 0.3 is 24.0 Å². The van der Waals surface area contributed by atoms with Gasteiger partial charge in [-0.3, -0.25) is 0 Å². The molecule has 8 nitrogen and oxygen atoms in total. The van der Waals surface area contributed by atoms with Crippen LogP contribution in [0.25, 0.3) is 0 Å². The molecule has 1 aromatic heterocycles. The van der Waals surface area contributed by atoms with Gasteiger partial charge in [-0.1, -0.05) is 0 Å². The highest BCUT2D eigenvalue weighted by Gasteiger charge is 2.37. The lowest BCUT2D eigenvalue weighted by atomic mass is 10.2. The number of aromatic carboxylic acids is 1. The maximum absolute atomic E-state index is 11.9. The van der Waals surface area contributed by atoms with E-state index < -0.39 is 40.3 Å². The molecular weight excluding hydrogens is 265 g/mol. The Bertz CT molecular complexity index is 515. The first kappa shape index (κ1) is 13.5. The van der Waals surface area contributed by atoms with Crippen molar-refractivity contribution in [3.8, 4) is 11.6 Å². The van der Waals surface area contributed by atoms with Crippen molar-refractivity contribution in [3.63, 3.8) is 0 Å². The molecule has 0 radical (unpaired) electrons. The third-order valence-corrected chi connectivity index (χ3v) is 1.56. The first-order valence-corrected chi connectivity index (χ1v) is 3.99. The zero-order valence-corrected chi connectivity index (χ0v) is 8.13. The number of alkyl halides is 3. The molecule has 0 spiro atoms. The van der Waals surface area contributed by atoms with Crippen molar-refractivity contribution in [2.45, 2.75) is 6.36 Å². The summed E-state index contributed by atoms with van der Waals surface area (Å²) < 4.78 is 38.8. The lowest BCUT2D eigenvalue weighted by molar-refractivity contribution is -0.390. The number of carboxylic acids is 1. The van der Waals surface area contributed by atoms with Gasteiger partial charge in [0.25, 0.3) is 0 Å². The highest BCUT2D eigenvalue weighted by atomic mass is 19.4. The molecule has 0 aliphatic heterocycles. The van der Waals surface area contributed by atoms with E-state index in [2.05, 4.69) is 9.72 Å². The molecule has 0 saturated carbocycles. The summed E-state index contributed by atoms with van der Waals surface area (Å²) in [6.07, 6.45) is -5.23. The van der Waals surface area contributed by atoms with Gasteiger partial charge in [-0.15, -0.1) is 13.2 Å². The summed E-state index contributed by atoms with van der Waals surface area (Å²) in [6, 6.07) is 0.245. The van der Waals surface area contributed by atoms with Crippen molar-refractivity contribution in [2.24, 2.45) is 0 Å². The molecular formula is C7H3F3N2O6. The van der Waals surface area contributed by atoms with Crippen molar-refractivity contribution in [2.75, 3.05) is 0 Å². The third-order valence-electron chi connectivity index (χ3n) is 1.56. The Morgan fingerprint density at radius 3 is 2.44 bits per heavy atom. The Morgan fingerprint density at radius 1 is 1.50 bits per heavy atom. The molecule has 0 atom stereocenters. The highest BCUT2D eigenvalue weighted by molar-refractivity contribution is 5.92. The van der Waals surface area contributed by atoms with E-state index in [4.69, 9.17) is 10.2 Å².